The Balaban J connectivity index is 1.24. The maximum absolute atomic E-state index is 12.2. The highest BCUT2D eigenvalue weighted by Crippen LogP contribution is 2.14. The summed E-state index contributed by atoms with van der Waals surface area (Å²) in [5.74, 6) is 0.0638. The van der Waals surface area contributed by atoms with Crippen molar-refractivity contribution in [3.63, 3.8) is 0 Å². The Bertz CT molecular complexity index is 894. The molecule has 0 unspecified atom stereocenters. The Labute approximate surface area is 160 Å². The molecule has 1 aliphatic heterocycles. The van der Waals surface area contributed by atoms with Crippen molar-refractivity contribution in [2.75, 3.05) is 13.1 Å². The normalized spacial score (nSPS) is 14.7. The second-order valence-electron chi connectivity index (χ2n) is 7.25. The van der Waals surface area contributed by atoms with Gasteiger partial charge in [-0.1, -0.05) is 36.4 Å². The smallest absolute Gasteiger partial charge is 0.222 e. The van der Waals surface area contributed by atoms with Crippen LogP contribution in [-0.2, 0) is 24.4 Å². The van der Waals surface area contributed by atoms with E-state index in [1.165, 1.54) is 31.5 Å². The van der Waals surface area contributed by atoms with Crippen LogP contribution in [-0.4, -0.2) is 33.4 Å². The minimum atomic E-state index is 0.0638. The molecule has 1 aliphatic rings. The van der Waals surface area contributed by atoms with Gasteiger partial charge in [0.05, 0.1) is 17.4 Å². The van der Waals surface area contributed by atoms with Crippen LogP contribution in [0.5, 0.6) is 0 Å². The number of benzene rings is 2. The van der Waals surface area contributed by atoms with E-state index in [1.54, 1.807) is 6.33 Å². The van der Waals surface area contributed by atoms with Crippen molar-refractivity contribution >= 4 is 16.9 Å². The number of imidazole rings is 1. The molecule has 0 atom stereocenters. The van der Waals surface area contributed by atoms with Gasteiger partial charge < -0.3 is 9.88 Å². The SMILES string of the molecule is O=C(CCn1cnc2ccccc21)NCc1ccc(CN2CCCC2)cc1. The van der Waals surface area contributed by atoms with Crippen LogP contribution in [0.1, 0.15) is 30.4 Å². The standard InChI is InChI=1S/C22H26N4O/c27-22(11-14-26-17-24-20-5-1-2-6-21(20)26)23-15-18-7-9-19(10-8-18)16-25-12-3-4-13-25/h1-2,5-10,17H,3-4,11-16H2,(H,23,27). The molecule has 0 spiro atoms. The molecule has 27 heavy (non-hydrogen) atoms. The van der Waals surface area contributed by atoms with Crippen molar-refractivity contribution in [3.8, 4) is 0 Å². The van der Waals surface area contributed by atoms with Gasteiger partial charge in [-0.15, -0.1) is 0 Å². The van der Waals surface area contributed by atoms with E-state index in [-0.39, 0.29) is 5.91 Å². The zero-order chi connectivity index (χ0) is 18.5. The number of rotatable bonds is 7. The maximum Gasteiger partial charge on any atom is 0.222 e. The predicted octanol–water partition coefficient (Wildman–Crippen LogP) is 3.34. The van der Waals surface area contributed by atoms with Crippen molar-refractivity contribution in [2.24, 2.45) is 0 Å². The summed E-state index contributed by atoms with van der Waals surface area (Å²) in [5, 5.41) is 3.02. The summed E-state index contributed by atoms with van der Waals surface area (Å²) in [7, 11) is 0. The molecule has 1 aromatic heterocycles. The summed E-state index contributed by atoms with van der Waals surface area (Å²) >= 11 is 0. The van der Waals surface area contributed by atoms with Gasteiger partial charge in [0.2, 0.25) is 5.91 Å². The lowest BCUT2D eigenvalue weighted by molar-refractivity contribution is -0.121. The van der Waals surface area contributed by atoms with E-state index in [4.69, 9.17) is 0 Å². The summed E-state index contributed by atoms with van der Waals surface area (Å²) in [5.41, 5.74) is 4.52. The minimum Gasteiger partial charge on any atom is -0.352 e. The molecule has 140 valence electrons. The van der Waals surface area contributed by atoms with E-state index in [0.29, 0.717) is 19.5 Å². The number of likely N-dealkylation sites (tertiary alicyclic amines) is 1. The lowest BCUT2D eigenvalue weighted by Crippen LogP contribution is -2.24. The zero-order valence-electron chi connectivity index (χ0n) is 15.6. The Morgan fingerprint density at radius 3 is 2.56 bits per heavy atom. The zero-order valence-corrected chi connectivity index (χ0v) is 15.6. The average molecular weight is 362 g/mol. The highest BCUT2D eigenvalue weighted by Gasteiger charge is 2.11. The van der Waals surface area contributed by atoms with Gasteiger partial charge >= 0.3 is 0 Å². The van der Waals surface area contributed by atoms with Gasteiger partial charge in [-0.2, -0.15) is 0 Å². The van der Waals surface area contributed by atoms with Crippen LogP contribution < -0.4 is 5.32 Å². The minimum absolute atomic E-state index is 0.0638. The maximum atomic E-state index is 12.2. The van der Waals surface area contributed by atoms with Gasteiger partial charge in [0, 0.05) is 26.1 Å². The van der Waals surface area contributed by atoms with Gasteiger partial charge in [-0.25, -0.2) is 4.98 Å². The van der Waals surface area contributed by atoms with Crippen LogP contribution in [0.25, 0.3) is 11.0 Å². The van der Waals surface area contributed by atoms with E-state index in [0.717, 1.165) is 23.1 Å². The summed E-state index contributed by atoms with van der Waals surface area (Å²) in [6, 6.07) is 16.6. The first-order valence-corrected chi connectivity index (χ1v) is 9.75. The van der Waals surface area contributed by atoms with E-state index in [9.17, 15) is 4.79 Å². The molecule has 2 heterocycles. The fraction of sp³-hybridized carbons (Fsp3) is 0.364. The first kappa shape index (κ1) is 17.7. The fourth-order valence-electron chi connectivity index (χ4n) is 3.66. The Morgan fingerprint density at radius 2 is 1.74 bits per heavy atom. The Kier molecular flexibility index (Phi) is 5.49. The number of hydrogen-bond acceptors (Lipinski definition) is 3. The van der Waals surface area contributed by atoms with Crippen LogP contribution >= 0.6 is 0 Å². The van der Waals surface area contributed by atoms with E-state index in [1.807, 2.05) is 28.8 Å². The summed E-state index contributed by atoms with van der Waals surface area (Å²) in [6.45, 7) is 4.67. The van der Waals surface area contributed by atoms with Crippen molar-refractivity contribution < 1.29 is 4.79 Å². The quantitative estimate of drug-likeness (QED) is 0.701. The van der Waals surface area contributed by atoms with Crippen molar-refractivity contribution in [1.29, 1.82) is 0 Å². The van der Waals surface area contributed by atoms with Crippen molar-refractivity contribution in [2.45, 2.75) is 38.9 Å². The van der Waals surface area contributed by atoms with Gasteiger partial charge in [0.1, 0.15) is 0 Å². The van der Waals surface area contributed by atoms with Gasteiger partial charge in [0.15, 0.2) is 0 Å². The number of nitrogens with zero attached hydrogens (tertiary/aromatic N) is 3. The Morgan fingerprint density at radius 1 is 1.00 bits per heavy atom. The van der Waals surface area contributed by atoms with Crippen molar-refractivity contribution in [1.82, 2.24) is 19.8 Å². The Hall–Kier alpha value is -2.66. The highest BCUT2D eigenvalue weighted by molar-refractivity contribution is 5.77. The molecule has 1 N–H and O–H groups in total. The summed E-state index contributed by atoms with van der Waals surface area (Å²) in [4.78, 5) is 19.1. The van der Waals surface area contributed by atoms with Gasteiger partial charge in [-0.3, -0.25) is 9.69 Å². The molecule has 1 fully saturated rings. The lowest BCUT2D eigenvalue weighted by Gasteiger charge is -2.14. The number of carbonyl (C=O) groups excluding carboxylic acids is 1. The highest BCUT2D eigenvalue weighted by atomic mass is 16.1. The van der Waals surface area contributed by atoms with Gasteiger partial charge in [-0.05, 0) is 49.2 Å². The lowest BCUT2D eigenvalue weighted by atomic mass is 10.1. The molecule has 5 heteroatoms. The monoisotopic (exact) mass is 362 g/mol. The number of aromatic nitrogens is 2. The molecular formula is C22H26N4O. The number of aryl methyl sites for hydroxylation is 1. The van der Waals surface area contributed by atoms with E-state index in [2.05, 4.69) is 39.5 Å². The largest absolute Gasteiger partial charge is 0.352 e. The molecule has 0 aliphatic carbocycles. The molecule has 0 radical (unpaired) electrons. The van der Waals surface area contributed by atoms with E-state index >= 15 is 0 Å². The van der Waals surface area contributed by atoms with Crippen molar-refractivity contribution in [3.05, 3.63) is 66.0 Å². The second kappa shape index (κ2) is 8.35. The number of amides is 1. The van der Waals surface area contributed by atoms with Crippen LogP contribution in [0.15, 0.2) is 54.9 Å². The van der Waals surface area contributed by atoms with Gasteiger partial charge in [0.25, 0.3) is 0 Å². The number of para-hydroxylation sites is 2. The molecule has 3 aromatic rings. The molecular weight excluding hydrogens is 336 g/mol. The molecule has 1 amide bonds. The first-order chi connectivity index (χ1) is 13.3. The predicted molar refractivity (Wildman–Crippen MR) is 107 cm³/mol. The first-order valence-electron chi connectivity index (χ1n) is 9.75. The van der Waals surface area contributed by atoms with Crippen LogP contribution in [0.4, 0.5) is 0 Å². The van der Waals surface area contributed by atoms with E-state index < -0.39 is 0 Å². The van der Waals surface area contributed by atoms with Crippen LogP contribution in [0, 0.1) is 0 Å². The second-order valence-corrected chi connectivity index (χ2v) is 7.25. The third-order valence-corrected chi connectivity index (χ3v) is 5.22. The fourth-order valence-corrected chi connectivity index (χ4v) is 3.66. The molecule has 0 saturated carbocycles. The summed E-state index contributed by atoms with van der Waals surface area (Å²) in [6.07, 6.45) is 4.89. The third kappa shape index (κ3) is 4.55. The molecule has 4 rings (SSSR count). The number of nitrogens with one attached hydrogen (secondary N) is 1. The number of fused-ring (bicyclic) bond motifs is 1. The molecule has 1 saturated heterocycles. The topological polar surface area (TPSA) is 50.2 Å². The number of carbonyl (C=O) groups is 1. The van der Waals surface area contributed by atoms with Crippen LogP contribution in [0.2, 0.25) is 0 Å². The molecule has 0 bridgehead atoms. The third-order valence-electron chi connectivity index (χ3n) is 5.22. The number of hydrogen-bond donors (Lipinski definition) is 1. The molecule has 5 nitrogen and oxygen atoms in total. The molecule has 2 aromatic carbocycles. The summed E-state index contributed by atoms with van der Waals surface area (Å²) < 4.78 is 2.03. The average Bonchev–Trinajstić information content (AvgIpc) is 3.35. The van der Waals surface area contributed by atoms with Crippen LogP contribution in [0.3, 0.4) is 0 Å².